The smallest absolute Gasteiger partial charge is 0.155 e. The van der Waals surface area contributed by atoms with Crippen LogP contribution in [0.3, 0.4) is 0 Å². The van der Waals surface area contributed by atoms with Crippen LogP contribution in [0.4, 0.5) is 0 Å². The van der Waals surface area contributed by atoms with Gasteiger partial charge in [-0.2, -0.15) is 0 Å². The maximum Gasteiger partial charge on any atom is 0.155 e. The number of ketones is 1. The van der Waals surface area contributed by atoms with Gasteiger partial charge in [-0.3, -0.25) is 9.69 Å². The van der Waals surface area contributed by atoms with E-state index >= 15 is 0 Å². The number of nitrogens with zero attached hydrogens (tertiary/aromatic N) is 1. The molecule has 0 saturated carbocycles. The molecule has 72 valence electrons. The standard InChI is InChI=1S/C10H21NO/c1-7-8(11(5)6)9(12)10(2,3)4/h8H,7H2,1-6H3. The lowest BCUT2D eigenvalue weighted by molar-refractivity contribution is -0.131. The molecular formula is C10H21NO. The average Bonchev–Trinajstić information content (AvgIpc) is 1.86. The first-order valence-corrected chi connectivity index (χ1v) is 4.51. The lowest BCUT2D eigenvalue weighted by Crippen LogP contribution is -2.41. The SMILES string of the molecule is CCC(C(=O)C(C)(C)C)N(C)C. The van der Waals surface area contributed by atoms with Crippen LogP contribution < -0.4 is 0 Å². The van der Waals surface area contributed by atoms with Crippen molar-refractivity contribution in [3.05, 3.63) is 0 Å². The molecular weight excluding hydrogens is 150 g/mol. The molecule has 1 unspecified atom stereocenters. The number of carbonyl (C=O) groups is 1. The predicted molar refractivity (Wildman–Crippen MR) is 52.2 cm³/mol. The summed E-state index contributed by atoms with van der Waals surface area (Å²) in [6.07, 6.45) is 0.892. The van der Waals surface area contributed by atoms with Gasteiger partial charge in [-0.1, -0.05) is 27.7 Å². The van der Waals surface area contributed by atoms with Crippen LogP contribution in [0.2, 0.25) is 0 Å². The molecule has 0 aliphatic rings. The van der Waals surface area contributed by atoms with Crippen LogP contribution in [-0.2, 0) is 4.79 Å². The number of hydrogen-bond donors (Lipinski definition) is 0. The molecule has 1 atom stereocenters. The zero-order chi connectivity index (χ0) is 9.94. The number of Topliss-reactive ketones (excluding diaryl/α,β-unsaturated/α-hetero) is 1. The van der Waals surface area contributed by atoms with Gasteiger partial charge in [0.15, 0.2) is 5.78 Å². The average molecular weight is 171 g/mol. The van der Waals surface area contributed by atoms with E-state index in [9.17, 15) is 4.79 Å². The first-order valence-electron chi connectivity index (χ1n) is 4.51. The summed E-state index contributed by atoms with van der Waals surface area (Å²) in [4.78, 5) is 13.8. The second-order valence-corrected chi connectivity index (χ2v) is 4.50. The summed E-state index contributed by atoms with van der Waals surface area (Å²) in [7, 11) is 3.91. The Morgan fingerprint density at radius 2 is 1.75 bits per heavy atom. The van der Waals surface area contributed by atoms with E-state index in [0.29, 0.717) is 5.78 Å². The monoisotopic (exact) mass is 171 g/mol. The van der Waals surface area contributed by atoms with Crippen molar-refractivity contribution in [2.45, 2.75) is 40.2 Å². The summed E-state index contributed by atoms with van der Waals surface area (Å²) in [6, 6.07) is 0.0741. The minimum absolute atomic E-state index is 0.0741. The first-order chi connectivity index (χ1) is 5.30. The Hall–Kier alpha value is -0.370. The topological polar surface area (TPSA) is 20.3 Å². The highest BCUT2D eigenvalue weighted by Crippen LogP contribution is 2.19. The first kappa shape index (κ1) is 11.6. The summed E-state index contributed by atoms with van der Waals surface area (Å²) >= 11 is 0. The van der Waals surface area contributed by atoms with E-state index in [0.717, 1.165) is 6.42 Å². The van der Waals surface area contributed by atoms with Gasteiger partial charge in [-0.15, -0.1) is 0 Å². The van der Waals surface area contributed by atoms with Crippen molar-refractivity contribution < 1.29 is 4.79 Å². The zero-order valence-corrected chi connectivity index (χ0v) is 9.14. The van der Waals surface area contributed by atoms with Gasteiger partial charge in [0.25, 0.3) is 0 Å². The summed E-state index contributed by atoms with van der Waals surface area (Å²) in [5, 5.41) is 0. The normalized spacial score (nSPS) is 14.9. The van der Waals surface area contributed by atoms with E-state index in [1.54, 1.807) is 0 Å². The minimum Gasteiger partial charge on any atom is -0.300 e. The highest BCUT2D eigenvalue weighted by atomic mass is 16.1. The molecule has 0 radical (unpaired) electrons. The molecule has 0 rings (SSSR count). The fourth-order valence-electron chi connectivity index (χ4n) is 1.28. The van der Waals surface area contributed by atoms with E-state index < -0.39 is 0 Å². The van der Waals surface area contributed by atoms with Crippen LogP contribution in [0, 0.1) is 5.41 Å². The second-order valence-electron chi connectivity index (χ2n) is 4.50. The molecule has 2 nitrogen and oxygen atoms in total. The van der Waals surface area contributed by atoms with Gasteiger partial charge in [0.1, 0.15) is 0 Å². The van der Waals surface area contributed by atoms with E-state index in [1.165, 1.54) is 0 Å². The second kappa shape index (κ2) is 4.04. The van der Waals surface area contributed by atoms with Crippen molar-refractivity contribution in [2.24, 2.45) is 5.41 Å². The van der Waals surface area contributed by atoms with E-state index in [4.69, 9.17) is 0 Å². The van der Waals surface area contributed by atoms with Gasteiger partial charge in [0.05, 0.1) is 6.04 Å². The molecule has 0 aliphatic carbocycles. The van der Waals surface area contributed by atoms with Gasteiger partial charge in [-0.25, -0.2) is 0 Å². The molecule has 0 amide bonds. The fourth-order valence-corrected chi connectivity index (χ4v) is 1.28. The maximum atomic E-state index is 11.8. The van der Waals surface area contributed by atoms with Gasteiger partial charge in [-0.05, 0) is 20.5 Å². The largest absolute Gasteiger partial charge is 0.300 e. The third-order valence-electron chi connectivity index (χ3n) is 2.05. The van der Waals surface area contributed by atoms with Crippen molar-refractivity contribution in [3.8, 4) is 0 Å². The highest BCUT2D eigenvalue weighted by molar-refractivity contribution is 5.88. The van der Waals surface area contributed by atoms with Crippen LogP contribution in [0.25, 0.3) is 0 Å². The van der Waals surface area contributed by atoms with Crippen LogP contribution >= 0.6 is 0 Å². The molecule has 0 spiro atoms. The Bertz CT molecular complexity index is 156. The van der Waals surface area contributed by atoms with Gasteiger partial charge in [0, 0.05) is 5.41 Å². The lowest BCUT2D eigenvalue weighted by atomic mass is 9.85. The number of rotatable bonds is 3. The Morgan fingerprint density at radius 1 is 1.33 bits per heavy atom. The van der Waals surface area contributed by atoms with Crippen LogP contribution in [0.5, 0.6) is 0 Å². The van der Waals surface area contributed by atoms with Gasteiger partial charge >= 0.3 is 0 Å². The van der Waals surface area contributed by atoms with Gasteiger partial charge in [0.2, 0.25) is 0 Å². The molecule has 0 aromatic carbocycles. The van der Waals surface area contributed by atoms with Crippen LogP contribution in [0.1, 0.15) is 34.1 Å². The summed E-state index contributed by atoms with van der Waals surface area (Å²) in [5.74, 6) is 0.329. The van der Waals surface area contributed by atoms with E-state index in [2.05, 4.69) is 0 Å². The fraction of sp³-hybridized carbons (Fsp3) is 0.900. The Morgan fingerprint density at radius 3 is 1.83 bits per heavy atom. The quantitative estimate of drug-likeness (QED) is 0.647. The zero-order valence-electron chi connectivity index (χ0n) is 9.14. The van der Waals surface area contributed by atoms with Crippen molar-refractivity contribution >= 4 is 5.78 Å². The Kier molecular flexibility index (Phi) is 3.91. The summed E-state index contributed by atoms with van der Waals surface area (Å²) in [5.41, 5.74) is -0.217. The molecule has 2 heteroatoms. The molecule has 0 heterocycles. The predicted octanol–water partition coefficient (Wildman–Crippen LogP) is 1.94. The molecule has 0 fully saturated rings. The molecule has 0 saturated heterocycles. The van der Waals surface area contributed by atoms with E-state index in [-0.39, 0.29) is 11.5 Å². The Labute approximate surface area is 75.9 Å². The third-order valence-corrected chi connectivity index (χ3v) is 2.05. The molecule has 0 aromatic rings. The van der Waals surface area contributed by atoms with Crippen molar-refractivity contribution in [2.75, 3.05) is 14.1 Å². The van der Waals surface area contributed by atoms with Crippen molar-refractivity contribution in [3.63, 3.8) is 0 Å². The van der Waals surface area contributed by atoms with Crippen LogP contribution in [-0.4, -0.2) is 30.8 Å². The Balaban J connectivity index is 4.44. The molecule has 12 heavy (non-hydrogen) atoms. The van der Waals surface area contributed by atoms with Crippen molar-refractivity contribution in [1.29, 1.82) is 0 Å². The maximum absolute atomic E-state index is 11.8. The molecule has 0 aliphatic heterocycles. The van der Waals surface area contributed by atoms with Gasteiger partial charge < -0.3 is 0 Å². The molecule has 0 N–H and O–H groups in total. The van der Waals surface area contributed by atoms with Crippen LogP contribution in [0.15, 0.2) is 0 Å². The molecule has 0 aromatic heterocycles. The lowest BCUT2D eigenvalue weighted by Gasteiger charge is -2.28. The van der Waals surface area contributed by atoms with Crippen molar-refractivity contribution in [1.82, 2.24) is 4.90 Å². The number of likely N-dealkylation sites (N-methyl/N-ethyl adjacent to an activating group) is 1. The highest BCUT2D eigenvalue weighted by Gasteiger charge is 2.29. The number of hydrogen-bond acceptors (Lipinski definition) is 2. The summed E-state index contributed by atoms with van der Waals surface area (Å²) < 4.78 is 0. The number of carbonyl (C=O) groups excluding carboxylic acids is 1. The van der Waals surface area contributed by atoms with E-state index in [1.807, 2.05) is 46.7 Å². The third kappa shape index (κ3) is 2.94. The summed E-state index contributed by atoms with van der Waals surface area (Å²) in [6.45, 7) is 7.97. The molecule has 0 bridgehead atoms. The minimum atomic E-state index is -0.217.